The predicted octanol–water partition coefficient (Wildman–Crippen LogP) is 1.23. The molecule has 0 aromatic heterocycles. The van der Waals surface area contributed by atoms with Gasteiger partial charge in [0, 0.05) is 11.8 Å². The van der Waals surface area contributed by atoms with Crippen molar-refractivity contribution in [3.63, 3.8) is 0 Å². The van der Waals surface area contributed by atoms with Crippen LogP contribution in [-0.2, 0) is 0 Å². The summed E-state index contributed by atoms with van der Waals surface area (Å²) < 4.78 is 0. The van der Waals surface area contributed by atoms with E-state index in [0.29, 0.717) is 0 Å². The highest BCUT2D eigenvalue weighted by Crippen LogP contribution is 2.14. The molecule has 0 radical (unpaired) electrons. The summed E-state index contributed by atoms with van der Waals surface area (Å²) in [4.78, 5) is 0. The zero-order chi connectivity index (χ0) is 6.69. The first kappa shape index (κ1) is 5.95. The van der Waals surface area contributed by atoms with Crippen LogP contribution in [0.4, 0.5) is 0 Å². The first-order chi connectivity index (χ1) is 4.34. The minimum absolute atomic E-state index is 0.278. The minimum Gasteiger partial charge on any atom is -0.508 e. The molecule has 0 atom stereocenters. The average molecular weight is 123 g/mol. The molecule has 1 rings (SSSR count). The van der Waals surface area contributed by atoms with E-state index in [2.05, 4.69) is 0 Å². The van der Waals surface area contributed by atoms with E-state index in [1.54, 1.807) is 6.08 Å². The van der Waals surface area contributed by atoms with Crippen LogP contribution in [0.3, 0.4) is 0 Å². The topological polar surface area (TPSA) is 46.2 Å². The molecule has 2 nitrogen and oxygen atoms in total. The largest absolute Gasteiger partial charge is 0.508 e. The Hall–Kier alpha value is -1.18. The third kappa shape index (κ3) is 1.13. The molecule has 48 valence electrons. The molecule has 0 unspecified atom stereocenters. The van der Waals surface area contributed by atoms with Crippen LogP contribution in [0.1, 0.15) is 6.42 Å². The second kappa shape index (κ2) is 2.40. The van der Waals surface area contributed by atoms with Gasteiger partial charge in [-0.3, -0.25) is 0 Å². The number of aliphatic hydroxyl groups is 1. The molecule has 1 aliphatic rings. The molecule has 0 saturated carbocycles. The fourth-order valence-electron chi connectivity index (χ4n) is 0.719. The lowest BCUT2D eigenvalue weighted by Crippen LogP contribution is -1.94. The van der Waals surface area contributed by atoms with E-state index in [4.69, 9.17) is 10.8 Å². The van der Waals surface area contributed by atoms with Crippen molar-refractivity contribution in [2.75, 3.05) is 0 Å². The number of allylic oxidation sites excluding steroid dienone is 4. The van der Waals surface area contributed by atoms with E-state index < -0.39 is 0 Å². The van der Waals surface area contributed by atoms with E-state index >= 15 is 0 Å². The quantitative estimate of drug-likeness (QED) is 0.509. The molecule has 3 N–H and O–H groups in total. The Morgan fingerprint density at radius 2 is 2.44 bits per heavy atom. The summed E-state index contributed by atoms with van der Waals surface area (Å²) in [7, 11) is 0. The molecule has 0 aromatic rings. The summed E-state index contributed by atoms with van der Waals surface area (Å²) in [5, 5.41) is 9.03. The van der Waals surface area contributed by atoms with Crippen molar-refractivity contribution in [2.45, 2.75) is 6.42 Å². The Bertz CT molecular complexity index is 189. The van der Waals surface area contributed by atoms with Crippen LogP contribution >= 0.6 is 0 Å². The van der Waals surface area contributed by atoms with Crippen molar-refractivity contribution in [3.05, 3.63) is 35.8 Å². The summed E-state index contributed by atoms with van der Waals surface area (Å²) in [6.07, 6.45) is 7.54. The molecule has 2 heteroatoms. The summed E-state index contributed by atoms with van der Waals surface area (Å²) in [5.41, 5.74) is 5.99. The SMILES string of the molecule is NC=C1CC=CC=C1O. The second-order valence-corrected chi connectivity index (χ2v) is 1.88. The minimum atomic E-state index is 0.278. The number of aliphatic hydroxyl groups excluding tert-OH is 1. The van der Waals surface area contributed by atoms with Crippen LogP contribution in [0.25, 0.3) is 0 Å². The zero-order valence-corrected chi connectivity index (χ0v) is 5.04. The smallest absolute Gasteiger partial charge is 0.120 e. The van der Waals surface area contributed by atoms with E-state index in [1.807, 2.05) is 12.2 Å². The molecule has 0 fully saturated rings. The maximum Gasteiger partial charge on any atom is 0.120 e. The highest BCUT2D eigenvalue weighted by atomic mass is 16.3. The highest BCUT2D eigenvalue weighted by Gasteiger charge is 2.01. The normalized spacial score (nSPS) is 22.2. The van der Waals surface area contributed by atoms with Gasteiger partial charge in [0.2, 0.25) is 0 Å². The Kier molecular flexibility index (Phi) is 1.58. The van der Waals surface area contributed by atoms with Gasteiger partial charge in [0.1, 0.15) is 5.76 Å². The van der Waals surface area contributed by atoms with Crippen molar-refractivity contribution in [3.8, 4) is 0 Å². The fourth-order valence-corrected chi connectivity index (χ4v) is 0.719. The van der Waals surface area contributed by atoms with E-state index in [-0.39, 0.29) is 5.76 Å². The van der Waals surface area contributed by atoms with Gasteiger partial charge in [-0.05, 0) is 12.5 Å². The van der Waals surface area contributed by atoms with Crippen molar-refractivity contribution in [1.29, 1.82) is 0 Å². The number of hydrogen-bond donors (Lipinski definition) is 2. The predicted molar refractivity (Wildman–Crippen MR) is 36.7 cm³/mol. The maximum absolute atomic E-state index is 9.03. The van der Waals surface area contributed by atoms with Crippen LogP contribution < -0.4 is 5.73 Å². The molecule has 0 spiro atoms. The van der Waals surface area contributed by atoms with Crippen molar-refractivity contribution >= 4 is 0 Å². The summed E-state index contributed by atoms with van der Waals surface area (Å²) in [6, 6.07) is 0. The standard InChI is InChI=1S/C7H9NO/c8-5-6-3-1-2-4-7(6)9/h1-2,4-5,9H,3,8H2. The average Bonchev–Trinajstić information content (AvgIpc) is 1.89. The van der Waals surface area contributed by atoms with E-state index in [1.165, 1.54) is 6.20 Å². The van der Waals surface area contributed by atoms with Crippen LogP contribution in [-0.4, -0.2) is 5.11 Å². The number of rotatable bonds is 0. The molecule has 0 aromatic carbocycles. The number of hydrogen-bond acceptors (Lipinski definition) is 2. The Morgan fingerprint density at radius 3 is 2.89 bits per heavy atom. The molecule has 0 bridgehead atoms. The third-order valence-electron chi connectivity index (χ3n) is 1.26. The molecule has 0 amide bonds. The molecular formula is C7H9NO. The lowest BCUT2D eigenvalue weighted by Gasteiger charge is -2.04. The summed E-state index contributed by atoms with van der Waals surface area (Å²) >= 11 is 0. The summed E-state index contributed by atoms with van der Waals surface area (Å²) in [6.45, 7) is 0. The van der Waals surface area contributed by atoms with Crippen LogP contribution in [0.15, 0.2) is 35.8 Å². The summed E-state index contributed by atoms with van der Waals surface area (Å²) in [5.74, 6) is 0.278. The van der Waals surface area contributed by atoms with Gasteiger partial charge < -0.3 is 10.8 Å². The van der Waals surface area contributed by atoms with Gasteiger partial charge in [0.05, 0.1) is 0 Å². The van der Waals surface area contributed by atoms with Gasteiger partial charge in [-0.2, -0.15) is 0 Å². The van der Waals surface area contributed by atoms with Crippen molar-refractivity contribution in [2.24, 2.45) is 5.73 Å². The molecular weight excluding hydrogens is 114 g/mol. The van der Waals surface area contributed by atoms with Crippen LogP contribution in [0.2, 0.25) is 0 Å². The molecule has 1 aliphatic carbocycles. The van der Waals surface area contributed by atoms with Gasteiger partial charge in [0.15, 0.2) is 0 Å². The molecule has 0 saturated heterocycles. The van der Waals surface area contributed by atoms with Crippen molar-refractivity contribution < 1.29 is 5.11 Å². The van der Waals surface area contributed by atoms with Gasteiger partial charge in [0.25, 0.3) is 0 Å². The Morgan fingerprint density at radius 1 is 1.67 bits per heavy atom. The van der Waals surface area contributed by atoms with Gasteiger partial charge in [-0.15, -0.1) is 0 Å². The maximum atomic E-state index is 9.03. The van der Waals surface area contributed by atoms with Gasteiger partial charge >= 0.3 is 0 Å². The lowest BCUT2D eigenvalue weighted by molar-refractivity contribution is 0.420. The first-order valence-electron chi connectivity index (χ1n) is 2.81. The fraction of sp³-hybridized carbons (Fsp3) is 0.143. The first-order valence-corrected chi connectivity index (χ1v) is 2.81. The molecule has 0 aliphatic heterocycles. The zero-order valence-electron chi connectivity index (χ0n) is 5.04. The van der Waals surface area contributed by atoms with Crippen molar-refractivity contribution in [1.82, 2.24) is 0 Å². The third-order valence-corrected chi connectivity index (χ3v) is 1.26. The number of nitrogens with two attached hydrogens (primary N) is 1. The molecule has 9 heavy (non-hydrogen) atoms. The lowest BCUT2D eigenvalue weighted by atomic mass is 10.1. The van der Waals surface area contributed by atoms with E-state index in [9.17, 15) is 0 Å². The van der Waals surface area contributed by atoms with Crippen LogP contribution in [0.5, 0.6) is 0 Å². The van der Waals surface area contributed by atoms with E-state index in [0.717, 1.165) is 12.0 Å². The van der Waals surface area contributed by atoms with Gasteiger partial charge in [-0.1, -0.05) is 12.2 Å². The van der Waals surface area contributed by atoms with Gasteiger partial charge in [-0.25, -0.2) is 0 Å². The molecule has 0 heterocycles. The highest BCUT2D eigenvalue weighted by molar-refractivity contribution is 5.33. The Balaban J connectivity index is 2.83. The second-order valence-electron chi connectivity index (χ2n) is 1.88. The monoisotopic (exact) mass is 123 g/mol. The van der Waals surface area contributed by atoms with Crippen LogP contribution in [0, 0.1) is 0 Å². The Labute approximate surface area is 54.0 Å².